The topological polar surface area (TPSA) is 118 Å². The molecule has 0 radical (unpaired) electrons. The number of nitrogens with two attached hydrogens (primary N) is 1. The summed E-state index contributed by atoms with van der Waals surface area (Å²) in [6.45, 7) is 0.305. The van der Waals surface area contributed by atoms with E-state index in [4.69, 9.17) is 15.3 Å². The molecule has 0 saturated heterocycles. The molecule has 1 heterocycles. The summed E-state index contributed by atoms with van der Waals surface area (Å²) < 4.78 is 5.16. The molecule has 100 valence electrons. The lowest BCUT2D eigenvalue weighted by molar-refractivity contribution is -0.142. The summed E-state index contributed by atoms with van der Waals surface area (Å²) in [4.78, 5) is 25.8. The molecule has 1 amide bonds. The van der Waals surface area contributed by atoms with Gasteiger partial charge < -0.3 is 20.6 Å². The Bertz CT molecular complexity index is 608. The number of amides is 1. The second kappa shape index (κ2) is 5.49. The third-order valence-corrected chi connectivity index (χ3v) is 2.66. The van der Waals surface area contributed by atoms with Crippen LogP contribution in [0, 0.1) is 0 Å². The third kappa shape index (κ3) is 3.08. The minimum absolute atomic E-state index is 0.305. The number of benzene rings is 1. The van der Waals surface area contributed by atoms with Gasteiger partial charge in [0.1, 0.15) is 5.52 Å². The van der Waals surface area contributed by atoms with Crippen molar-refractivity contribution in [1.82, 2.24) is 10.3 Å². The van der Waals surface area contributed by atoms with E-state index in [1.807, 2.05) is 18.2 Å². The van der Waals surface area contributed by atoms with Gasteiger partial charge in [-0.2, -0.15) is 0 Å². The summed E-state index contributed by atoms with van der Waals surface area (Å²) in [7, 11) is 0. The lowest BCUT2D eigenvalue weighted by atomic mass is 10.1. The number of nitrogens with zero attached hydrogens (tertiary/aromatic N) is 1. The summed E-state index contributed by atoms with van der Waals surface area (Å²) in [6.07, 6.45) is 1.91. The van der Waals surface area contributed by atoms with Crippen molar-refractivity contribution in [3.63, 3.8) is 0 Å². The van der Waals surface area contributed by atoms with Crippen molar-refractivity contribution < 1.29 is 19.1 Å². The second-order valence-corrected chi connectivity index (χ2v) is 4.01. The van der Waals surface area contributed by atoms with Gasteiger partial charge in [0.05, 0.1) is 0 Å². The predicted octanol–water partition coefficient (Wildman–Crippen LogP) is -0.102. The molecule has 1 aromatic carbocycles. The number of fused-ring (bicyclic) bond motifs is 1. The molecular formula is C12H13N3O4. The second-order valence-electron chi connectivity index (χ2n) is 4.01. The molecule has 1 aromatic heterocycles. The summed E-state index contributed by atoms with van der Waals surface area (Å²) in [6, 6.07) is 3.98. The first-order chi connectivity index (χ1) is 9.08. The average Bonchev–Trinajstić information content (AvgIpc) is 2.84. The van der Waals surface area contributed by atoms with Crippen LogP contribution in [-0.4, -0.2) is 34.6 Å². The lowest BCUT2D eigenvalue weighted by Crippen LogP contribution is -2.46. The molecule has 0 bridgehead atoms. The summed E-state index contributed by atoms with van der Waals surface area (Å²) in [5.41, 5.74) is 7.55. The Morgan fingerprint density at radius 1 is 1.47 bits per heavy atom. The van der Waals surface area contributed by atoms with E-state index in [2.05, 4.69) is 10.3 Å². The molecule has 0 spiro atoms. The van der Waals surface area contributed by atoms with Gasteiger partial charge in [-0.05, 0) is 24.1 Å². The van der Waals surface area contributed by atoms with E-state index < -0.39 is 17.9 Å². The Morgan fingerprint density at radius 3 is 3.00 bits per heavy atom. The van der Waals surface area contributed by atoms with Crippen molar-refractivity contribution in [3.8, 4) is 0 Å². The number of aromatic nitrogens is 1. The molecule has 0 fully saturated rings. The smallest absolute Gasteiger partial charge is 0.330 e. The van der Waals surface area contributed by atoms with Crippen LogP contribution in [0.25, 0.3) is 11.1 Å². The molecule has 0 aliphatic carbocycles. The van der Waals surface area contributed by atoms with E-state index in [1.54, 1.807) is 0 Å². The number of carbonyl (C=O) groups excluding carboxylic acids is 1. The van der Waals surface area contributed by atoms with Crippen molar-refractivity contribution in [3.05, 3.63) is 30.2 Å². The van der Waals surface area contributed by atoms with Crippen LogP contribution in [0.2, 0.25) is 0 Å². The van der Waals surface area contributed by atoms with E-state index >= 15 is 0 Å². The van der Waals surface area contributed by atoms with E-state index in [0.717, 1.165) is 11.1 Å². The van der Waals surface area contributed by atoms with Crippen molar-refractivity contribution in [2.75, 3.05) is 6.54 Å². The highest BCUT2D eigenvalue weighted by atomic mass is 16.4. The van der Waals surface area contributed by atoms with E-state index in [-0.39, 0.29) is 0 Å². The van der Waals surface area contributed by atoms with Crippen LogP contribution in [0.3, 0.4) is 0 Å². The summed E-state index contributed by atoms with van der Waals surface area (Å²) >= 11 is 0. The maximum Gasteiger partial charge on any atom is 0.330 e. The van der Waals surface area contributed by atoms with Gasteiger partial charge in [0, 0.05) is 6.54 Å². The first-order valence-electron chi connectivity index (χ1n) is 5.66. The molecule has 1 unspecified atom stereocenters. The van der Waals surface area contributed by atoms with Crippen LogP contribution in [0.1, 0.15) is 5.56 Å². The van der Waals surface area contributed by atoms with E-state index in [9.17, 15) is 9.59 Å². The van der Waals surface area contributed by atoms with Gasteiger partial charge in [-0.15, -0.1) is 0 Å². The molecule has 7 heteroatoms. The Balaban J connectivity index is 1.88. The zero-order valence-corrected chi connectivity index (χ0v) is 10.00. The van der Waals surface area contributed by atoms with Gasteiger partial charge in [0.25, 0.3) is 0 Å². The van der Waals surface area contributed by atoms with E-state index in [0.29, 0.717) is 18.5 Å². The summed E-state index contributed by atoms with van der Waals surface area (Å²) in [5.74, 6) is -2.05. The van der Waals surface area contributed by atoms with Crippen LogP contribution in [-0.2, 0) is 16.0 Å². The molecule has 0 aliphatic heterocycles. The van der Waals surface area contributed by atoms with Crippen molar-refractivity contribution >= 4 is 23.0 Å². The Hall–Kier alpha value is -2.41. The number of aliphatic carboxylic acids is 1. The zero-order valence-electron chi connectivity index (χ0n) is 10.00. The maximum absolute atomic E-state index is 11.3. The lowest BCUT2D eigenvalue weighted by Gasteiger charge is -2.08. The average molecular weight is 263 g/mol. The van der Waals surface area contributed by atoms with Gasteiger partial charge in [0.2, 0.25) is 5.91 Å². The Labute approximate surface area is 108 Å². The molecule has 0 saturated carbocycles. The van der Waals surface area contributed by atoms with Crippen LogP contribution in [0.5, 0.6) is 0 Å². The minimum atomic E-state index is -1.53. The standard InChI is InChI=1S/C12H13N3O4/c13-10(12(17)18)11(16)14-4-3-7-1-2-8-9(5-7)19-6-15-8/h1-2,5-6,10H,3-4,13H2,(H,14,16)(H,17,18). The van der Waals surface area contributed by atoms with Crippen LogP contribution >= 0.6 is 0 Å². The number of hydrogen-bond donors (Lipinski definition) is 3. The fourth-order valence-corrected chi connectivity index (χ4v) is 1.61. The van der Waals surface area contributed by atoms with Gasteiger partial charge in [0.15, 0.2) is 18.0 Å². The van der Waals surface area contributed by atoms with Crippen molar-refractivity contribution in [2.24, 2.45) is 5.73 Å². The molecule has 19 heavy (non-hydrogen) atoms. The monoisotopic (exact) mass is 263 g/mol. The zero-order chi connectivity index (χ0) is 13.8. The third-order valence-electron chi connectivity index (χ3n) is 2.66. The number of hydrogen-bond acceptors (Lipinski definition) is 5. The summed E-state index contributed by atoms with van der Waals surface area (Å²) in [5, 5.41) is 11.0. The molecule has 2 aromatic rings. The highest BCUT2D eigenvalue weighted by molar-refractivity contribution is 6.00. The predicted molar refractivity (Wildman–Crippen MR) is 66.3 cm³/mol. The number of carbonyl (C=O) groups is 2. The molecule has 7 nitrogen and oxygen atoms in total. The van der Waals surface area contributed by atoms with E-state index in [1.165, 1.54) is 6.39 Å². The fraction of sp³-hybridized carbons (Fsp3) is 0.250. The SMILES string of the molecule is NC(C(=O)O)C(=O)NCCc1ccc2ncoc2c1. The van der Waals surface area contributed by atoms with Crippen LogP contribution in [0.4, 0.5) is 0 Å². The quantitative estimate of drug-likeness (QED) is 0.648. The number of nitrogens with one attached hydrogen (secondary N) is 1. The van der Waals surface area contributed by atoms with Gasteiger partial charge >= 0.3 is 5.97 Å². The molecule has 4 N–H and O–H groups in total. The number of oxazole rings is 1. The highest BCUT2D eigenvalue weighted by Gasteiger charge is 2.20. The van der Waals surface area contributed by atoms with Gasteiger partial charge in [-0.3, -0.25) is 4.79 Å². The normalized spacial score (nSPS) is 12.3. The van der Waals surface area contributed by atoms with Crippen molar-refractivity contribution in [2.45, 2.75) is 12.5 Å². The first kappa shape index (κ1) is 13.0. The molecular weight excluding hydrogens is 250 g/mol. The van der Waals surface area contributed by atoms with Gasteiger partial charge in [-0.25, -0.2) is 9.78 Å². The molecule has 0 aliphatic rings. The Kier molecular flexibility index (Phi) is 3.76. The maximum atomic E-state index is 11.3. The van der Waals surface area contributed by atoms with Crippen LogP contribution < -0.4 is 11.1 Å². The number of rotatable bonds is 5. The van der Waals surface area contributed by atoms with Crippen molar-refractivity contribution in [1.29, 1.82) is 0 Å². The molecule has 1 atom stereocenters. The van der Waals surface area contributed by atoms with Gasteiger partial charge in [-0.1, -0.05) is 6.07 Å². The minimum Gasteiger partial charge on any atom is -0.480 e. The first-order valence-corrected chi connectivity index (χ1v) is 5.66. The number of carboxylic acids is 1. The number of carboxylic acid groups (broad SMARTS) is 1. The fourth-order valence-electron chi connectivity index (χ4n) is 1.61. The Morgan fingerprint density at radius 2 is 2.26 bits per heavy atom. The molecule has 2 rings (SSSR count). The largest absolute Gasteiger partial charge is 0.480 e. The highest BCUT2D eigenvalue weighted by Crippen LogP contribution is 2.14. The van der Waals surface area contributed by atoms with Crippen LogP contribution in [0.15, 0.2) is 29.0 Å².